The number of nitrogens with zero attached hydrogens (tertiary/aromatic N) is 1. The van der Waals surface area contributed by atoms with Gasteiger partial charge in [-0.3, -0.25) is 9.52 Å². The summed E-state index contributed by atoms with van der Waals surface area (Å²) in [6, 6.07) is 4.46. The fourth-order valence-corrected chi connectivity index (χ4v) is 4.89. The van der Waals surface area contributed by atoms with E-state index in [9.17, 15) is 13.2 Å². The lowest BCUT2D eigenvalue weighted by Gasteiger charge is -2.09. The lowest BCUT2D eigenvalue weighted by Crippen LogP contribution is -2.19. The molecule has 0 amide bonds. The van der Waals surface area contributed by atoms with Crippen LogP contribution in [0.1, 0.15) is 6.92 Å². The monoisotopic (exact) mass is 362 g/mol. The van der Waals surface area contributed by atoms with Crippen molar-refractivity contribution in [2.24, 2.45) is 0 Å². The highest BCUT2D eigenvalue weighted by Gasteiger charge is 2.19. The fraction of sp³-hybridized carbons (Fsp3) is 0.182. The molecule has 2 aromatic heterocycles. The molecule has 0 aliphatic carbocycles. The number of hydrogen-bond donors (Lipinski definition) is 1. The molecule has 0 fully saturated rings. The van der Waals surface area contributed by atoms with Gasteiger partial charge >= 0.3 is 0 Å². The Bertz CT molecular complexity index is 749. The Kier molecular flexibility index (Phi) is 4.12. The highest BCUT2D eigenvalue weighted by Crippen LogP contribution is 2.28. The van der Waals surface area contributed by atoms with E-state index in [1.807, 2.05) is 6.92 Å². The van der Waals surface area contributed by atoms with Gasteiger partial charge in [-0.15, -0.1) is 11.3 Å². The van der Waals surface area contributed by atoms with Crippen molar-refractivity contribution >= 4 is 43.0 Å². The number of rotatable bonds is 4. The minimum atomic E-state index is -3.63. The normalized spacial score (nSPS) is 11.5. The third-order valence-corrected chi connectivity index (χ3v) is 6.46. The van der Waals surface area contributed by atoms with Gasteiger partial charge in [0.1, 0.15) is 0 Å². The molecule has 1 N–H and O–H groups in total. The molecule has 2 aromatic rings. The third-order valence-electron chi connectivity index (χ3n) is 2.40. The molecule has 0 radical (unpaired) electrons. The van der Waals surface area contributed by atoms with Crippen LogP contribution in [0.4, 0.5) is 5.69 Å². The molecule has 19 heavy (non-hydrogen) atoms. The molecule has 0 unspecified atom stereocenters. The van der Waals surface area contributed by atoms with E-state index in [0.717, 1.165) is 11.3 Å². The predicted molar refractivity (Wildman–Crippen MR) is 79.2 cm³/mol. The van der Waals surface area contributed by atoms with Crippen molar-refractivity contribution in [3.8, 4) is 0 Å². The van der Waals surface area contributed by atoms with Gasteiger partial charge < -0.3 is 4.57 Å². The first kappa shape index (κ1) is 14.3. The Morgan fingerprint density at radius 1 is 1.37 bits per heavy atom. The van der Waals surface area contributed by atoms with Crippen molar-refractivity contribution in [2.75, 3.05) is 4.72 Å². The number of anilines is 1. The highest BCUT2D eigenvalue weighted by atomic mass is 79.9. The zero-order valence-electron chi connectivity index (χ0n) is 9.96. The fourth-order valence-electron chi connectivity index (χ4n) is 1.51. The maximum atomic E-state index is 12.2. The van der Waals surface area contributed by atoms with Gasteiger partial charge in [-0.25, -0.2) is 8.42 Å². The highest BCUT2D eigenvalue weighted by molar-refractivity contribution is 9.10. The summed E-state index contributed by atoms with van der Waals surface area (Å²) in [5.74, 6) is 0. The van der Waals surface area contributed by atoms with Gasteiger partial charge in [0, 0.05) is 23.3 Å². The van der Waals surface area contributed by atoms with E-state index in [1.165, 1.54) is 22.9 Å². The van der Waals surface area contributed by atoms with Gasteiger partial charge in [-0.2, -0.15) is 0 Å². The molecule has 102 valence electrons. The summed E-state index contributed by atoms with van der Waals surface area (Å²) in [6.45, 7) is 2.30. The second-order valence-electron chi connectivity index (χ2n) is 3.70. The van der Waals surface area contributed by atoms with E-state index in [1.54, 1.807) is 11.4 Å². The zero-order chi connectivity index (χ0) is 14.0. The average Bonchev–Trinajstić information content (AvgIpc) is 2.78. The van der Waals surface area contributed by atoms with Crippen molar-refractivity contribution in [3.63, 3.8) is 0 Å². The van der Waals surface area contributed by atoms with E-state index >= 15 is 0 Å². The lowest BCUT2D eigenvalue weighted by molar-refractivity contribution is 0.602. The van der Waals surface area contributed by atoms with Crippen LogP contribution in [0.2, 0.25) is 0 Å². The summed E-state index contributed by atoms with van der Waals surface area (Å²) >= 11 is 4.31. The Morgan fingerprint density at radius 3 is 2.68 bits per heavy atom. The number of halogens is 1. The van der Waals surface area contributed by atoms with Gasteiger partial charge in [-0.05, 0) is 40.4 Å². The first-order valence-corrected chi connectivity index (χ1v) is 8.56. The number of pyridine rings is 1. The summed E-state index contributed by atoms with van der Waals surface area (Å²) in [6.07, 6.45) is 1.49. The van der Waals surface area contributed by atoms with Crippen molar-refractivity contribution in [1.29, 1.82) is 0 Å². The van der Waals surface area contributed by atoms with Crippen LogP contribution in [0, 0.1) is 0 Å². The summed E-state index contributed by atoms with van der Waals surface area (Å²) in [5.41, 5.74) is 0.199. The molecule has 2 rings (SSSR count). The molecule has 0 aliphatic heterocycles. The number of aryl methyl sites for hydroxylation is 1. The van der Waals surface area contributed by atoms with Gasteiger partial charge in [-0.1, -0.05) is 0 Å². The molecule has 2 heterocycles. The van der Waals surface area contributed by atoms with Crippen LogP contribution in [0.15, 0.2) is 43.3 Å². The van der Waals surface area contributed by atoms with Crippen LogP contribution in [0.25, 0.3) is 0 Å². The Morgan fingerprint density at radius 2 is 2.11 bits per heavy atom. The number of aromatic nitrogens is 1. The number of hydrogen-bond acceptors (Lipinski definition) is 4. The van der Waals surface area contributed by atoms with Crippen molar-refractivity contribution < 1.29 is 8.42 Å². The molecule has 5 nitrogen and oxygen atoms in total. The van der Waals surface area contributed by atoms with E-state index in [2.05, 4.69) is 20.7 Å². The molecule has 8 heteroatoms. The zero-order valence-corrected chi connectivity index (χ0v) is 13.2. The molecular formula is C11H11BrN2O3S2. The van der Waals surface area contributed by atoms with Gasteiger partial charge in [0.25, 0.3) is 15.6 Å². The second-order valence-corrected chi connectivity index (χ2v) is 7.35. The van der Waals surface area contributed by atoms with Crippen LogP contribution in [0.5, 0.6) is 0 Å². The third kappa shape index (κ3) is 3.07. The maximum absolute atomic E-state index is 12.2. The molecule has 0 spiro atoms. The second kappa shape index (κ2) is 5.48. The summed E-state index contributed by atoms with van der Waals surface area (Å²) in [4.78, 5) is 11.4. The van der Waals surface area contributed by atoms with Gasteiger partial charge in [0.15, 0.2) is 4.21 Å². The standard InChI is InChI=1S/C11H11BrN2O3S2/c1-2-14-7-8(3-4-10(14)15)13-19(16,17)11-9(12)5-6-18-11/h3-7,13H,2H2,1H3. The Labute approximate surface area is 123 Å². The average molecular weight is 363 g/mol. The maximum Gasteiger partial charge on any atom is 0.272 e. The van der Waals surface area contributed by atoms with E-state index < -0.39 is 10.0 Å². The minimum Gasteiger partial charge on any atom is -0.314 e. The van der Waals surface area contributed by atoms with Crippen LogP contribution >= 0.6 is 27.3 Å². The largest absolute Gasteiger partial charge is 0.314 e. The van der Waals surface area contributed by atoms with Crippen LogP contribution in [-0.2, 0) is 16.6 Å². The van der Waals surface area contributed by atoms with E-state index in [0.29, 0.717) is 16.7 Å². The van der Waals surface area contributed by atoms with Crippen LogP contribution < -0.4 is 10.3 Å². The topological polar surface area (TPSA) is 68.2 Å². The minimum absolute atomic E-state index is 0.164. The van der Waals surface area contributed by atoms with Gasteiger partial charge in [0.2, 0.25) is 0 Å². The van der Waals surface area contributed by atoms with Crippen LogP contribution in [0.3, 0.4) is 0 Å². The smallest absolute Gasteiger partial charge is 0.272 e. The summed E-state index contributed by atoms with van der Waals surface area (Å²) in [5, 5.41) is 1.69. The lowest BCUT2D eigenvalue weighted by atomic mass is 10.4. The molecule has 0 saturated heterocycles. The molecule has 0 saturated carbocycles. The molecular weight excluding hydrogens is 352 g/mol. The molecule has 0 atom stereocenters. The first-order chi connectivity index (χ1) is 8.94. The van der Waals surface area contributed by atoms with Crippen LogP contribution in [-0.4, -0.2) is 13.0 Å². The summed E-state index contributed by atoms with van der Waals surface area (Å²) < 4.78 is 28.9. The first-order valence-electron chi connectivity index (χ1n) is 5.40. The Balaban J connectivity index is 2.36. The SMILES string of the molecule is CCn1cc(NS(=O)(=O)c2sccc2Br)ccc1=O. The predicted octanol–water partition coefficient (Wildman–Crippen LogP) is 2.49. The number of sulfonamides is 1. The molecule has 0 aromatic carbocycles. The summed E-state index contributed by atoms with van der Waals surface area (Å²) in [7, 11) is -3.63. The van der Waals surface area contributed by atoms with Crippen molar-refractivity contribution in [1.82, 2.24) is 4.57 Å². The van der Waals surface area contributed by atoms with Crippen molar-refractivity contribution in [3.05, 3.63) is 44.6 Å². The number of nitrogens with one attached hydrogen (secondary N) is 1. The Hall–Kier alpha value is -1.12. The van der Waals surface area contributed by atoms with Crippen molar-refractivity contribution in [2.45, 2.75) is 17.7 Å². The quantitative estimate of drug-likeness (QED) is 0.908. The number of thiophene rings is 1. The van der Waals surface area contributed by atoms with E-state index in [4.69, 9.17) is 0 Å². The molecule has 0 aliphatic rings. The van der Waals surface area contributed by atoms with E-state index in [-0.39, 0.29) is 9.77 Å². The van der Waals surface area contributed by atoms with Gasteiger partial charge in [0.05, 0.1) is 5.69 Å². The molecule has 0 bridgehead atoms.